The number of ether oxygens (including phenoxy) is 3. The number of hydrogen-bond acceptors (Lipinski definition) is 6. The van der Waals surface area contributed by atoms with Gasteiger partial charge in [0, 0.05) is 18.0 Å². The SMILES string of the molecule is CCOC(=O)N1C=C[C@H]2[C@H](CC(=O)OC)[C@@H]2N1C(=O)OCC. The molecular formula is C14H20N2O6. The van der Waals surface area contributed by atoms with E-state index in [2.05, 4.69) is 4.74 Å². The lowest BCUT2D eigenvalue weighted by atomic mass is 10.2. The maximum Gasteiger partial charge on any atom is 0.433 e. The number of carbonyl (C=O) groups excluding carboxylic acids is 3. The molecule has 3 atom stereocenters. The van der Waals surface area contributed by atoms with Gasteiger partial charge in [0.05, 0.1) is 32.8 Å². The van der Waals surface area contributed by atoms with Crippen LogP contribution < -0.4 is 0 Å². The van der Waals surface area contributed by atoms with Crippen molar-refractivity contribution < 1.29 is 28.6 Å². The number of hydrazine groups is 1. The molecule has 1 aliphatic carbocycles. The van der Waals surface area contributed by atoms with E-state index in [0.717, 1.165) is 5.01 Å². The summed E-state index contributed by atoms with van der Waals surface area (Å²) < 4.78 is 14.6. The number of esters is 1. The monoisotopic (exact) mass is 312 g/mol. The summed E-state index contributed by atoms with van der Waals surface area (Å²) in [6.07, 6.45) is 2.16. The number of rotatable bonds is 4. The van der Waals surface area contributed by atoms with E-state index in [1.807, 2.05) is 0 Å². The molecule has 0 radical (unpaired) electrons. The van der Waals surface area contributed by atoms with Crippen LogP contribution in [0.25, 0.3) is 0 Å². The van der Waals surface area contributed by atoms with E-state index in [1.165, 1.54) is 18.3 Å². The summed E-state index contributed by atoms with van der Waals surface area (Å²) in [6, 6.07) is -0.299. The summed E-state index contributed by atoms with van der Waals surface area (Å²) in [5.74, 6) is -0.430. The average molecular weight is 312 g/mol. The van der Waals surface area contributed by atoms with Gasteiger partial charge in [0.15, 0.2) is 0 Å². The zero-order valence-electron chi connectivity index (χ0n) is 12.9. The van der Waals surface area contributed by atoms with Crippen molar-refractivity contribution in [3.8, 4) is 0 Å². The van der Waals surface area contributed by atoms with Gasteiger partial charge in [-0.3, -0.25) is 4.79 Å². The van der Waals surface area contributed by atoms with Gasteiger partial charge in [-0.05, 0) is 13.8 Å². The van der Waals surface area contributed by atoms with Crippen LogP contribution in [0.15, 0.2) is 12.3 Å². The maximum absolute atomic E-state index is 12.2. The van der Waals surface area contributed by atoms with Crippen molar-refractivity contribution in [2.75, 3.05) is 20.3 Å². The Bertz CT molecular complexity index is 492. The van der Waals surface area contributed by atoms with Crippen molar-refractivity contribution in [1.82, 2.24) is 10.0 Å². The molecule has 8 nitrogen and oxygen atoms in total. The van der Waals surface area contributed by atoms with E-state index >= 15 is 0 Å². The Morgan fingerprint density at radius 3 is 2.32 bits per heavy atom. The number of fused-ring (bicyclic) bond motifs is 1. The number of nitrogens with zero attached hydrogens (tertiary/aromatic N) is 2. The molecule has 2 aliphatic rings. The second kappa shape index (κ2) is 6.67. The summed E-state index contributed by atoms with van der Waals surface area (Å²) in [5, 5.41) is 2.32. The molecule has 0 saturated heterocycles. The Morgan fingerprint density at radius 2 is 1.73 bits per heavy atom. The molecule has 0 aromatic heterocycles. The fourth-order valence-corrected chi connectivity index (χ4v) is 2.65. The van der Waals surface area contributed by atoms with Gasteiger partial charge in [-0.2, -0.15) is 5.01 Å². The van der Waals surface area contributed by atoms with Crippen molar-refractivity contribution in [2.45, 2.75) is 26.3 Å². The standard InChI is InChI=1S/C14H20N2O6/c1-4-21-13(18)15-7-6-9-10(8-11(17)20-3)12(9)16(15)14(19)22-5-2/h6-7,9-10,12H,4-5,8H2,1-3H3/t9-,10-,12+/m0/s1. The minimum absolute atomic E-state index is 0.00850. The third kappa shape index (κ3) is 3.00. The molecule has 0 bridgehead atoms. The molecule has 1 heterocycles. The Balaban J connectivity index is 2.16. The fraction of sp³-hybridized carbons (Fsp3) is 0.643. The largest absolute Gasteiger partial charge is 0.469 e. The molecule has 1 saturated carbocycles. The van der Waals surface area contributed by atoms with Crippen LogP contribution in [-0.2, 0) is 19.0 Å². The highest BCUT2D eigenvalue weighted by atomic mass is 16.6. The topological polar surface area (TPSA) is 85.4 Å². The summed E-state index contributed by atoms with van der Waals surface area (Å²) in [5.41, 5.74) is 0. The molecule has 0 unspecified atom stereocenters. The average Bonchev–Trinajstić information content (AvgIpc) is 3.19. The molecule has 0 spiro atoms. The van der Waals surface area contributed by atoms with E-state index in [4.69, 9.17) is 9.47 Å². The van der Waals surface area contributed by atoms with E-state index in [-0.39, 0.29) is 43.5 Å². The normalized spacial score (nSPS) is 25.3. The van der Waals surface area contributed by atoms with Crippen molar-refractivity contribution >= 4 is 18.2 Å². The highest BCUT2D eigenvalue weighted by Crippen LogP contribution is 2.50. The molecule has 0 aromatic carbocycles. The van der Waals surface area contributed by atoms with Crippen LogP contribution >= 0.6 is 0 Å². The number of methoxy groups -OCH3 is 1. The van der Waals surface area contributed by atoms with Gasteiger partial charge in [-0.15, -0.1) is 0 Å². The second-order valence-electron chi connectivity index (χ2n) is 4.94. The number of amides is 2. The predicted octanol–water partition coefficient (Wildman–Crippen LogP) is 1.52. The van der Waals surface area contributed by atoms with Crippen LogP contribution in [0.3, 0.4) is 0 Å². The third-order valence-electron chi connectivity index (χ3n) is 3.69. The molecule has 2 rings (SSSR count). The van der Waals surface area contributed by atoms with Crippen LogP contribution in [-0.4, -0.2) is 54.5 Å². The Labute approximate surface area is 128 Å². The van der Waals surface area contributed by atoms with Crippen molar-refractivity contribution in [3.05, 3.63) is 12.3 Å². The van der Waals surface area contributed by atoms with Crippen LogP contribution in [0.5, 0.6) is 0 Å². The van der Waals surface area contributed by atoms with Gasteiger partial charge in [0.25, 0.3) is 0 Å². The molecule has 1 aliphatic heterocycles. The summed E-state index contributed by atoms with van der Waals surface area (Å²) in [7, 11) is 1.32. The molecule has 22 heavy (non-hydrogen) atoms. The van der Waals surface area contributed by atoms with Crippen LogP contribution in [0, 0.1) is 11.8 Å². The molecule has 0 aromatic rings. The summed E-state index contributed by atoms with van der Waals surface area (Å²) in [4.78, 5) is 35.6. The molecular weight excluding hydrogens is 292 g/mol. The molecule has 122 valence electrons. The first kappa shape index (κ1) is 16.1. The molecule has 8 heteroatoms. The molecule has 0 N–H and O–H groups in total. The van der Waals surface area contributed by atoms with Crippen molar-refractivity contribution in [2.24, 2.45) is 11.8 Å². The predicted molar refractivity (Wildman–Crippen MR) is 74.3 cm³/mol. The minimum atomic E-state index is -0.658. The van der Waals surface area contributed by atoms with Crippen molar-refractivity contribution in [1.29, 1.82) is 0 Å². The maximum atomic E-state index is 12.2. The van der Waals surface area contributed by atoms with Crippen LogP contribution in [0.4, 0.5) is 9.59 Å². The van der Waals surface area contributed by atoms with Crippen LogP contribution in [0.2, 0.25) is 0 Å². The lowest BCUT2D eigenvalue weighted by Crippen LogP contribution is -2.50. The lowest BCUT2D eigenvalue weighted by molar-refractivity contribution is -0.141. The zero-order valence-corrected chi connectivity index (χ0v) is 12.9. The first-order valence-corrected chi connectivity index (χ1v) is 7.22. The van der Waals surface area contributed by atoms with E-state index in [0.29, 0.717) is 0 Å². The second-order valence-corrected chi connectivity index (χ2v) is 4.94. The fourth-order valence-electron chi connectivity index (χ4n) is 2.65. The highest BCUT2D eigenvalue weighted by Gasteiger charge is 2.59. The van der Waals surface area contributed by atoms with E-state index in [1.54, 1.807) is 19.9 Å². The first-order chi connectivity index (χ1) is 10.5. The van der Waals surface area contributed by atoms with Crippen LogP contribution in [0.1, 0.15) is 20.3 Å². The third-order valence-corrected chi connectivity index (χ3v) is 3.69. The van der Waals surface area contributed by atoms with Gasteiger partial charge in [-0.1, -0.05) is 6.08 Å². The van der Waals surface area contributed by atoms with Gasteiger partial charge in [-0.25, -0.2) is 14.6 Å². The van der Waals surface area contributed by atoms with Gasteiger partial charge >= 0.3 is 18.2 Å². The van der Waals surface area contributed by atoms with Gasteiger partial charge in [0.1, 0.15) is 0 Å². The van der Waals surface area contributed by atoms with E-state index in [9.17, 15) is 14.4 Å². The van der Waals surface area contributed by atoms with E-state index < -0.39 is 12.2 Å². The highest BCUT2D eigenvalue weighted by molar-refractivity contribution is 5.77. The van der Waals surface area contributed by atoms with Gasteiger partial charge < -0.3 is 14.2 Å². The lowest BCUT2D eigenvalue weighted by Gasteiger charge is -2.33. The summed E-state index contributed by atoms with van der Waals surface area (Å²) >= 11 is 0. The Kier molecular flexibility index (Phi) is 4.89. The minimum Gasteiger partial charge on any atom is -0.469 e. The Morgan fingerprint density at radius 1 is 1.09 bits per heavy atom. The smallest absolute Gasteiger partial charge is 0.433 e. The molecule has 2 amide bonds. The quantitative estimate of drug-likeness (QED) is 0.578. The van der Waals surface area contributed by atoms with Crippen molar-refractivity contribution in [3.63, 3.8) is 0 Å². The number of hydrogen-bond donors (Lipinski definition) is 0. The number of carbonyl (C=O) groups is 3. The summed E-state index contributed by atoms with van der Waals surface area (Å²) in [6.45, 7) is 3.75. The zero-order chi connectivity index (χ0) is 16.3. The van der Waals surface area contributed by atoms with Gasteiger partial charge in [0.2, 0.25) is 0 Å². The Hall–Kier alpha value is -2.25. The molecule has 1 fully saturated rings. The first-order valence-electron chi connectivity index (χ1n) is 7.22.